The number of unbranched alkanes of at least 4 members (excludes halogenated alkanes) is 8. The Balaban J connectivity index is 2.81. The molecule has 258 valence electrons. The lowest BCUT2D eigenvalue weighted by atomic mass is 9.82. The van der Waals surface area contributed by atoms with Crippen molar-refractivity contribution in [1.29, 1.82) is 0 Å². The second kappa shape index (κ2) is 22.7. The number of benzene rings is 1. The summed E-state index contributed by atoms with van der Waals surface area (Å²) in [4.78, 5) is 60.8. The summed E-state index contributed by atoms with van der Waals surface area (Å²) in [6, 6.07) is 5.04. The SMILES string of the molecule is CCCCCCCC(=O)CCCCCC/C=C/C(C(=O)NC(Cc1ccc(OCCCN)cc1)C(=O)O)C(O)(CC(=O)O)C(=O)O. The van der Waals surface area contributed by atoms with E-state index in [1.807, 2.05) is 0 Å². The first-order valence-corrected chi connectivity index (χ1v) is 16.3. The van der Waals surface area contributed by atoms with Crippen LogP contribution in [0.3, 0.4) is 0 Å². The standard InChI is InChI=1S/C34H52N2O10/c1-2-3-4-7-10-14-26(37)15-11-8-5-6-9-12-16-28(34(45,33(43)44)24-30(38)39)31(40)36-29(32(41)42)23-25-17-19-27(20-18-25)46-22-13-21-35/h12,16-20,28-29,45H,2-11,13-15,21-24,35H2,1H3,(H,36,40)(H,38,39)(H,41,42)(H,43,44)/b16-12+. The maximum absolute atomic E-state index is 13.3. The van der Waals surface area contributed by atoms with E-state index in [0.29, 0.717) is 56.6 Å². The number of carboxylic acids is 3. The topological polar surface area (TPSA) is 214 Å². The zero-order valence-electron chi connectivity index (χ0n) is 27.0. The van der Waals surface area contributed by atoms with E-state index in [-0.39, 0.29) is 12.2 Å². The van der Waals surface area contributed by atoms with Gasteiger partial charge in [-0.15, -0.1) is 0 Å². The van der Waals surface area contributed by atoms with Crippen molar-refractivity contribution in [2.45, 2.75) is 115 Å². The summed E-state index contributed by atoms with van der Waals surface area (Å²) >= 11 is 0. The highest BCUT2D eigenvalue weighted by atomic mass is 16.5. The number of carboxylic acid groups (broad SMARTS) is 3. The Kier molecular flexibility index (Phi) is 19.9. The molecule has 1 rings (SSSR count). The van der Waals surface area contributed by atoms with Gasteiger partial charge in [-0.25, -0.2) is 9.59 Å². The first-order valence-electron chi connectivity index (χ1n) is 16.3. The monoisotopic (exact) mass is 648 g/mol. The lowest BCUT2D eigenvalue weighted by molar-refractivity contribution is -0.172. The van der Waals surface area contributed by atoms with Gasteiger partial charge in [-0.1, -0.05) is 69.7 Å². The highest BCUT2D eigenvalue weighted by Crippen LogP contribution is 2.26. The maximum Gasteiger partial charge on any atom is 0.337 e. The summed E-state index contributed by atoms with van der Waals surface area (Å²) < 4.78 is 5.53. The van der Waals surface area contributed by atoms with Crippen molar-refractivity contribution in [2.24, 2.45) is 11.7 Å². The smallest absolute Gasteiger partial charge is 0.337 e. The molecule has 1 aromatic rings. The minimum Gasteiger partial charge on any atom is -0.494 e. The zero-order valence-corrected chi connectivity index (χ0v) is 27.0. The molecule has 12 nitrogen and oxygen atoms in total. The number of hydrogen-bond acceptors (Lipinski definition) is 8. The average Bonchev–Trinajstić information content (AvgIpc) is 3.00. The van der Waals surface area contributed by atoms with Gasteiger partial charge in [0.2, 0.25) is 5.91 Å². The van der Waals surface area contributed by atoms with Crippen LogP contribution in [0, 0.1) is 5.92 Å². The van der Waals surface area contributed by atoms with Crippen molar-refractivity contribution in [3.8, 4) is 5.75 Å². The van der Waals surface area contributed by atoms with Crippen LogP contribution in [-0.2, 0) is 30.4 Å². The van der Waals surface area contributed by atoms with E-state index in [1.165, 1.54) is 12.5 Å². The third kappa shape index (κ3) is 16.0. The summed E-state index contributed by atoms with van der Waals surface area (Å²) in [5.74, 6) is -7.16. The Morgan fingerprint density at radius 3 is 2.04 bits per heavy atom. The van der Waals surface area contributed by atoms with Crippen LogP contribution in [0.1, 0.15) is 102 Å². The van der Waals surface area contributed by atoms with E-state index < -0.39 is 47.8 Å². The number of amides is 1. The summed E-state index contributed by atoms with van der Waals surface area (Å²) in [6.07, 6.45) is 11.9. The average molecular weight is 649 g/mol. The number of rotatable bonds is 27. The number of carbonyl (C=O) groups excluding carboxylic acids is 2. The van der Waals surface area contributed by atoms with Gasteiger partial charge in [0.25, 0.3) is 0 Å². The van der Waals surface area contributed by atoms with Gasteiger partial charge in [0.1, 0.15) is 17.6 Å². The molecule has 0 aromatic heterocycles. The second-order valence-corrected chi connectivity index (χ2v) is 11.6. The number of carbonyl (C=O) groups is 5. The van der Waals surface area contributed by atoms with E-state index in [9.17, 15) is 44.4 Å². The molecule has 3 atom stereocenters. The number of nitrogens with two attached hydrogens (primary N) is 1. The molecule has 12 heteroatoms. The first kappa shape index (κ1) is 40.3. The highest BCUT2D eigenvalue weighted by Gasteiger charge is 2.49. The molecule has 0 spiro atoms. The van der Waals surface area contributed by atoms with Crippen LogP contribution in [0.2, 0.25) is 0 Å². The molecule has 46 heavy (non-hydrogen) atoms. The molecule has 0 fully saturated rings. The van der Waals surface area contributed by atoms with E-state index in [0.717, 1.165) is 51.0 Å². The molecular weight excluding hydrogens is 596 g/mol. The van der Waals surface area contributed by atoms with Gasteiger partial charge < -0.3 is 36.2 Å². The van der Waals surface area contributed by atoms with Crippen molar-refractivity contribution < 1.29 is 49.1 Å². The molecule has 0 aliphatic rings. The maximum atomic E-state index is 13.3. The van der Waals surface area contributed by atoms with Crippen molar-refractivity contribution in [2.75, 3.05) is 13.2 Å². The molecule has 0 heterocycles. The third-order valence-corrected chi connectivity index (χ3v) is 7.65. The van der Waals surface area contributed by atoms with E-state index in [2.05, 4.69) is 12.2 Å². The fourth-order valence-corrected chi connectivity index (χ4v) is 4.93. The van der Waals surface area contributed by atoms with Crippen LogP contribution in [0.5, 0.6) is 5.75 Å². The Morgan fingerprint density at radius 2 is 1.50 bits per heavy atom. The van der Waals surface area contributed by atoms with Crippen LogP contribution in [-0.4, -0.2) is 74.8 Å². The molecule has 3 unspecified atom stereocenters. The number of allylic oxidation sites excluding steroid dienone is 1. The molecule has 1 aromatic carbocycles. The van der Waals surface area contributed by atoms with Gasteiger partial charge in [-0.05, 0) is 56.3 Å². The van der Waals surface area contributed by atoms with Crippen molar-refractivity contribution in [1.82, 2.24) is 5.32 Å². The number of ether oxygens (including phenoxy) is 1. The van der Waals surface area contributed by atoms with Crippen molar-refractivity contribution in [3.63, 3.8) is 0 Å². The largest absolute Gasteiger partial charge is 0.494 e. The van der Waals surface area contributed by atoms with Gasteiger partial charge in [-0.2, -0.15) is 0 Å². The molecular formula is C34H52N2O10. The van der Waals surface area contributed by atoms with Gasteiger partial charge >= 0.3 is 17.9 Å². The second-order valence-electron chi connectivity index (χ2n) is 11.6. The van der Waals surface area contributed by atoms with Crippen LogP contribution in [0.15, 0.2) is 36.4 Å². The Morgan fingerprint density at radius 1 is 0.891 bits per heavy atom. The fraction of sp³-hybridized carbons (Fsp3) is 0.618. The first-order chi connectivity index (χ1) is 21.9. The molecule has 0 bridgehead atoms. The number of ketones is 1. The van der Waals surface area contributed by atoms with Crippen LogP contribution >= 0.6 is 0 Å². The number of aliphatic hydroxyl groups is 1. The Bertz CT molecular complexity index is 1120. The molecule has 0 radical (unpaired) electrons. The predicted octanol–water partition coefficient (Wildman–Crippen LogP) is 4.26. The summed E-state index contributed by atoms with van der Waals surface area (Å²) in [7, 11) is 0. The van der Waals surface area contributed by atoms with Crippen molar-refractivity contribution >= 4 is 29.6 Å². The lowest BCUT2D eigenvalue weighted by Crippen LogP contribution is -2.55. The fourth-order valence-electron chi connectivity index (χ4n) is 4.93. The van der Waals surface area contributed by atoms with Gasteiger partial charge in [0.05, 0.1) is 18.9 Å². The van der Waals surface area contributed by atoms with Crippen molar-refractivity contribution in [3.05, 3.63) is 42.0 Å². The normalized spacial score (nSPS) is 13.9. The molecule has 0 aliphatic heterocycles. The molecule has 7 N–H and O–H groups in total. The molecule has 0 aliphatic carbocycles. The summed E-state index contributed by atoms with van der Waals surface area (Å²) in [5, 5.41) is 42.0. The van der Waals surface area contributed by atoms with Crippen LogP contribution in [0.4, 0.5) is 0 Å². The van der Waals surface area contributed by atoms with E-state index in [4.69, 9.17) is 10.5 Å². The highest BCUT2D eigenvalue weighted by molar-refractivity contribution is 5.94. The third-order valence-electron chi connectivity index (χ3n) is 7.65. The Labute approximate surface area is 271 Å². The minimum atomic E-state index is -3.02. The molecule has 0 saturated heterocycles. The van der Waals surface area contributed by atoms with Crippen LogP contribution < -0.4 is 15.8 Å². The van der Waals surface area contributed by atoms with E-state index >= 15 is 0 Å². The summed E-state index contributed by atoms with van der Waals surface area (Å²) in [5.41, 5.74) is 2.97. The van der Waals surface area contributed by atoms with E-state index in [1.54, 1.807) is 24.3 Å². The Hall–Kier alpha value is -3.77. The quantitative estimate of drug-likeness (QED) is 0.0585. The van der Waals surface area contributed by atoms with Gasteiger partial charge in [0, 0.05) is 19.3 Å². The number of Topliss-reactive ketones (excluding diaryl/α,β-unsaturated/α-hetero) is 1. The minimum absolute atomic E-state index is 0.160. The number of nitrogens with one attached hydrogen (secondary N) is 1. The van der Waals surface area contributed by atoms with Gasteiger partial charge in [-0.3, -0.25) is 14.4 Å². The lowest BCUT2D eigenvalue weighted by Gasteiger charge is -2.29. The zero-order chi connectivity index (χ0) is 34.4. The molecule has 0 saturated carbocycles. The molecule has 1 amide bonds. The van der Waals surface area contributed by atoms with Gasteiger partial charge in [0.15, 0.2) is 5.60 Å². The number of aliphatic carboxylic acids is 3. The predicted molar refractivity (Wildman–Crippen MR) is 172 cm³/mol. The van der Waals surface area contributed by atoms with Crippen LogP contribution in [0.25, 0.3) is 0 Å². The summed E-state index contributed by atoms with van der Waals surface area (Å²) in [6.45, 7) is 3.04. The number of hydrogen-bond donors (Lipinski definition) is 6.